The molecule has 0 radical (unpaired) electrons. The lowest BCUT2D eigenvalue weighted by molar-refractivity contribution is -0.304. The molecule has 3 fully saturated rings. The van der Waals surface area contributed by atoms with Crippen LogP contribution in [0.5, 0.6) is 0 Å². The molecule has 1 aromatic carbocycles. The van der Waals surface area contributed by atoms with Crippen molar-refractivity contribution in [3.8, 4) is 0 Å². The van der Waals surface area contributed by atoms with E-state index in [4.69, 9.17) is 28.4 Å². The molecule has 6 atom stereocenters. The number of ether oxygens (including phenoxy) is 6. The van der Waals surface area contributed by atoms with Crippen LogP contribution in [-0.4, -0.2) is 61.1 Å². The summed E-state index contributed by atoms with van der Waals surface area (Å²) in [6.45, 7) is 4.21. The topological polar surface area (TPSA) is 75.6 Å². The van der Waals surface area contributed by atoms with Crippen molar-refractivity contribution in [3.05, 3.63) is 35.9 Å². The van der Waals surface area contributed by atoms with Crippen molar-refractivity contribution in [1.29, 1.82) is 0 Å². The Morgan fingerprint density at radius 3 is 2.61 bits per heavy atom. The monoisotopic (exact) mass is 394 g/mol. The van der Waals surface area contributed by atoms with Crippen molar-refractivity contribution in [1.82, 2.24) is 0 Å². The molecule has 2 heterocycles. The van der Waals surface area contributed by atoms with Gasteiger partial charge < -0.3 is 33.5 Å². The second-order valence-electron chi connectivity index (χ2n) is 8.17. The third kappa shape index (κ3) is 3.61. The maximum Gasteiger partial charge on any atom is 0.190 e. The Hall–Kier alpha value is -1.06. The van der Waals surface area contributed by atoms with Crippen LogP contribution in [0.25, 0.3) is 0 Å². The Morgan fingerprint density at radius 2 is 1.86 bits per heavy atom. The predicted octanol–water partition coefficient (Wildman–Crippen LogP) is 2.35. The Bertz CT molecular complexity index is 651. The molecule has 0 bridgehead atoms. The summed E-state index contributed by atoms with van der Waals surface area (Å²) < 4.78 is 35.9. The van der Waals surface area contributed by atoms with Crippen LogP contribution in [0.3, 0.4) is 0 Å². The van der Waals surface area contributed by atoms with Gasteiger partial charge in [0.25, 0.3) is 0 Å². The van der Waals surface area contributed by atoms with E-state index in [1.807, 2.05) is 44.2 Å². The summed E-state index contributed by atoms with van der Waals surface area (Å²) in [7, 11) is 1.58. The van der Waals surface area contributed by atoms with Crippen LogP contribution in [0.1, 0.15) is 38.7 Å². The number of hydrogen-bond donors (Lipinski definition) is 1. The van der Waals surface area contributed by atoms with Crippen molar-refractivity contribution < 1.29 is 33.5 Å². The molecule has 2 unspecified atom stereocenters. The van der Waals surface area contributed by atoms with Crippen molar-refractivity contribution >= 4 is 0 Å². The minimum Gasteiger partial charge on any atom is -0.390 e. The number of rotatable bonds is 6. The van der Waals surface area contributed by atoms with Gasteiger partial charge >= 0.3 is 0 Å². The Balaban J connectivity index is 1.63. The highest BCUT2D eigenvalue weighted by Crippen LogP contribution is 2.50. The fourth-order valence-electron chi connectivity index (χ4n) is 4.62. The molecule has 1 saturated carbocycles. The maximum absolute atomic E-state index is 11.0. The highest BCUT2D eigenvalue weighted by molar-refractivity contribution is 5.16. The summed E-state index contributed by atoms with van der Waals surface area (Å²) in [5.41, 5.74) is -0.0175. The van der Waals surface area contributed by atoms with Gasteiger partial charge in [0.2, 0.25) is 0 Å². The SMILES string of the molecule is COCO[C@H]1CCCC(O)C12O[C@@H]1OC(C)(C)O[C@@H]1[C@H]2OCc1ccccc1. The quantitative estimate of drug-likeness (QED) is 0.742. The first-order chi connectivity index (χ1) is 13.5. The lowest BCUT2D eigenvalue weighted by Gasteiger charge is -2.47. The van der Waals surface area contributed by atoms with Gasteiger partial charge in [-0.15, -0.1) is 0 Å². The molecule has 28 heavy (non-hydrogen) atoms. The molecule has 1 aromatic rings. The number of methoxy groups -OCH3 is 1. The highest BCUT2D eigenvalue weighted by Gasteiger charge is 2.68. The molecule has 4 rings (SSSR count). The first-order valence-electron chi connectivity index (χ1n) is 9.94. The summed E-state index contributed by atoms with van der Waals surface area (Å²) >= 11 is 0. The average Bonchev–Trinajstić information content (AvgIpc) is 3.12. The third-order valence-corrected chi connectivity index (χ3v) is 5.78. The van der Waals surface area contributed by atoms with Gasteiger partial charge in [-0.25, -0.2) is 0 Å². The summed E-state index contributed by atoms with van der Waals surface area (Å²) in [6.07, 6.45) is -0.513. The second kappa shape index (κ2) is 7.99. The summed E-state index contributed by atoms with van der Waals surface area (Å²) in [6, 6.07) is 9.93. The van der Waals surface area contributed by atoms with E-state index in [0.29, 0.717) is 13.0 Å². The number of hydrogen-bond acceptors (Lipinski definition) is 7. The van der Waals surface area contributed by atoms with Gasteiger partial charge in [-0.3, -0.25) is 0 Å². The molecule has 3 aliphatic rings. The van der Waals surface area contributed by atoms with Crippen LogP contribution in [0, 0.1) is 0 Å². The molecule has 0 aromatic heterocycles. The summed E-state index contributed by atoms with van der Waals surface area (Å²) in [4.78, 5) is 0. The molecule has 7 nitrogen and oxygen atoms in total. The van der Waals surface area contributed by atoms with Gasteiger partial charge in [0.1, 0.15) is 19.0 Å². The minimum atomic E-state index is -1.06. The third-order valence-electron chi connectivity index (χ3n) is 5.78. The second-order valence-corrected chi connectivity index (χ2v) is 8.17. The van der Waals surface area contributed by atoms with E-state index in [2.05, 4.69) is 0 Å². The molecule has 0 amide bonds. The zero-order valence-electron chi connectivity index (χ0n) is 16.7. The first kappa shape index (κ1) is 20.2. The number of aliphatic hydroxyl groups excluding tert-OH is 1. The van der Waals surface area contributed by atoms with Crippen LogP contribution in [0.4, 0.5) is 0 Å². The van der Waals surface area contributed by atoms with Gasteiger partial charge in [0.05, 0.1) is 18.8 Å². The van der Waals surface area contributed by atoms with E-state index in [1.165, 1.54) is 0 Å². The van der Waals surface area contributed by atoms with E-state index in [-0.39, 0.29) is 12.9 Å². The smallest absolute Gasteiger partial charge is 0.190 e. The first-order valence-corrected chi connectivity index (χ1v) is 9.94. The van der Waals surface area contributed by atoms with Gasteiger partial charge in [0.15, 0.2) is 17.7 Å². The number of benzene rings is 1. The maximum atomic E-state index is 11.0. The molecular formula is C21H30O7. The van der Waals surface area contributed by atoms with E-state index >= 15 is 0 Å². The molecule has 7 heteroatoms. The van der Waals surface area contributed by atoms with Crippen molar-refractivity contribution in [2.75, 3.05) is 13.9 Å². The van der Waals surface area contributed by atoms with Crippen LogP contribution in [0.2, 0.25) is 0 Å². The van der Waals surface area contributed by atoms with Gasteiger partial charge in [0, 0.05) is 7.11 Å². The van der Waals surface area contributed by atoms with Crippen LogP contribution in [0.15, 0.2) is 30.3 Å². The van der Waals surface area contributed by atoms with E-state index < -0.39 is 36.0 Å². The lowest BCUT2D eigenvalue weighted by atomic mass is 9.75. The van der Waals surface area contributed by atoms with Gasteiger partial charge in [-0.2, -0.15) is 0 Å². The lowest BCUT2D eigenvalue weighted by Crippen LogP contribution is -2.64. The summed E-state index contributed by atoms with van der Waals surface area (Å²) in [5.74, 6) is -0.770. The van der Waals surface area contributed by atoms with Crippen molar-refractivity contribution in [2.45, 2.75) is 81.8 Å². The van der Waals surface area contributed by atoms with Gasteiger partial charge in [-0.1, -0.05) is 30.3 Å². The molecule has 156 valence electrons. The molecule has 1 aliphatic carbocycles. The Morgan fingerprint density at radius 1 is 1.07 bits per heavy atom. The van der Waals surface area contributed by atoms with Crippen molar-refractivity contribution in [3.63, 3.8) is 0 Å². The fraction of sp³-hybridized carbons (Fsp3) is 0.714. The van der Waals surface area contributed by atoms with Crippen LogP contribution < -0.4 is 0 Å². The Labute approximate surface area is 165 Å². The Kier molecular flexibility index (Phi) is 5.77. The predicted molar refractivity (Wildman–Crippen MR) is 99.3 cm³/mol. The zero-order chi connectivity index (χ0) is 19.8. The molecule has 1 N–H and O–H groups in total. The number of aliphatic hydroxyl groups is 1. The standard InChI is InChI=1S/C21H30O7/c1-20(2)26-17-18(24-12-14-8-5-4-6-9-14)21(28-19(17)27-20)15(22)10-7-11-16(21)25-13-23-3/h4-6,8-9,15-19,22H,7,10-13H2,1-3H3/t15?,16-,17+,18+,19-,21?/m0/s1. The summed E-state index contributed by atoms with van der Waals surface area (Å²) in [5, 5.41) is 11.0. The molecule has 1 spiro atoms. The molecule has 2 aliphatic heterocycles. The van der Waals surface area contributed by atoms with E-state index in [1.54, 1.807) is 7.11 Å². The van der Waals surface area contributed by atoms with E-state index in [9.17, 15) is 5.11 Å². The largest absolute Gasteiger partial charge is 0.390 e. The molecular weight excluding hydrogens is 364 g/mol. The average molecular weight is 394 g/mol. The van der Waals surface area contributed by atoms with Crippen molar-refractivity contribution in [2.24, 2.45) is 0 Å². The minimum absolute atomic E-state index is 0.121. The van der Waals surface area contributed by atoms with Gasteiger partial charge in [-0.05, 0) is 38.7 Å². The fourth-order valence-corrected chi connectivity index (χ4v) is 4.62. The molecule has 2 saturated heterocycles. The van der Waals surface area contributed by atoms with Crippen LogP contribution >= 0.6 is 0 Å². The number of fused-ring (bicyclic) bond motifs is 1. The van der Waals surface area contributed by atoms with Crippen LogP contribution in [-0.2, 0) is 35.0 Å². The highest BCUT2D eigenvalue weighted by atomic mass is 16.9. The van der Waals surface area contributed by atoms with E-state index in [0.717, 1.165) is 18.4 Å². The normalized spacial score (nSPS) is 39.4. The zero-order valence-corrected chi connectivity index (χ0v) is 16.7.